The fourth-order valence-electron chi connectivity index (χ4n) is 1.26. The Balaban J connectivity index is 3.05. The van der Waals surface area contributed by atoms with Crippen molar-refractivity contribution in [2.75, 3.05) is 7.11 Å². The van der Waals surface area contributed by atoms with E-state index < -0.39 is 0 Å². The first-order chi connectivity index (χ1) is 6.19. The SMILES string of the molecule is [CH2]C(CC)c1ccc(O)cc1OC. The highest BCUT2D eigenvalue weighted by molar-refractivity contribution is 5.42. The van der Waals surface area contributed by atoms with Crippen molar-refractivity contribution in [1.82, 2.24) is 0 Å². The molecule has 0 amide bonds. The van der Waals surface area contributed by atoms with Crippen LogP contribution >= 0.6 is 0 Å². The van der Waals surface area contributed by atoms with E-state index in [4.69, 9.17) is 4.74 Å². The number of methoxy groups -OCH3 is 1. The third-order valence-electron chi connectivity index (χ3n) is 2.15. The first-order valence-electron chi connectivity index (χ1n) is 4.39. The second-order valence-electron chi connectivity index (χ2n) is 3.03. The van der Waals surface area contributed by atoms with Gasteiger partial charge in [0, 0.05) is 6.07 Å². The molecule has 0 saturated carbocycles. The molecule has 2 heteroatoms. The average Bonchev–Trinajstić information content (AvgIpc) is 2.16. The van der Waals surface area contributed by atoms with Crippen molar-refractivity contribution < 1.29 is 9.84 Å². The van der Waals surface area contributed by atoms with Gasteiger partial charge in [0.15, 0.2) is 0 Å². The van der Waals surface area contributed by atoms with E-state index in [2.05, 4.69) is 13.8 Å². The summed E-state index contributed by atoms with van der Waals surface area (Å²) in [6.45, 7) is 6.08. The topological polar surface area (TPSA) is 29.5 Å². The van der Waals surface area contributed by atoms with Crippen LogP contribution in [0.4, 0.5) is 0 Å². The Morgan fingerprint density at radius 1 is 1.54 bits per heavy atom. The van der Waals surface area contributed by atoms with Crippen molar-refractivity contribution in [3.8, 4) is 11.5 Å². The van der Waals surface area contributed by atoms with Crippen molar-refractivity contribution in [2.24, 2.45) is 0 Å². The molecule has 71 valence electrons. The first kappa shape index (κ1) is 9.90. The predicted octanol–water partition coefficient (Wildman–Crippen LogP) is 2.73. The Morgan fingerprint density at radius 3 is 2.77 bits per heavy atom. The number of phenols is 1. The van der Waals surface area contributed by atoms with Crippen molar-refractivity contribution in [3.05, 3.63) is 30.7 Å². The minimum atomic E-state index is 0.218. The second kappa shape index (κ2) is 4.17. The van der Waals surface area contributed by atoms with Crippen LogP contribution in [0.5, 0.6) is 11.5 Å². The van der Waals surface area contributed by atoms with Crippen LogP contribution in [-0.2, 0) is 0 Å². The Labute approximate surface area is 79.2 Å². The van der Waals surface area contributed by atoms with Gasteiger partial charge in [-0.05, 0) is 30.9 Å². The molecule has 0 aliphatic heterocycles. The summed E-state index contributed by atoms with van der Waals surface area (Å²) >= 11 is 0. The molecule has 1 aromatic carbocycles. The van der Waals surface area contributed by atoms with E-state index in [-0.39, 0.29) is 11.7 Å². The largest absolute Gasteiger partial charge is 0.508 e. The lowest BCUT2D eigenvalue weighted by atomic mass is 9.97. The van der Waals surface area contributed by atoms with Crippen LogP contribution in [0.2, 0.25) is 0 Å². The summed E-state index contributed by atoms with van der Waals surface area (Å²) in [4.78, 5) is 0. The fourth-order valence-corrected chi connectivity index (χ4v) is 1.26. The Bertz CT molecular complexity index is 281. The molecule has 13 heavy (non-hydrogen) atoms. The molecule has 0 aromatic heterocycles. The number of phenolic OH excluding ortho intramolecular Hbond substituents is 1. The summed E-state index contributed by atoms with van der Waals surface area (Å²) in [5.41, 5.74) is 1.04. The van der Waals surface area contributed by atoms with E-state index >= 15 is 0 Å². The van der Waals surface area contributed by atoms with Gasteiger partial charge in [-0.2, -0.15) is 0 Å². The molecule has 0 aliphatic rings. The zero-order valence-corrected chi connectivity index (χ0v) is 8.08. The molecular weight excluding hydrogens is 164 g/mol. The summed E-state index contributed by atoms with van der Waals surface area (Å²) in [5, 5.41) is 9.22. The van der Waals surface area contributed by atoms with Crippen molar-refractivity contribution in [2.45, 2.75) is 19.3 Å². The number of ether oxygens (including phenoxy) is 1. The van der Waals surface area contributed by atoms with E-state index in [0.717, 1.165) is 12.0 Å². The van der Waals surface area contributed by atoms with Crippen LogP contribution in [0.15, 0.2) is 18.2 Å². The van der Waals surface area contributed by atoms with Gasteiger partial charge in [0.1, 0.15) is 11.5 Å². The zero-order valence-electron chi connectivity index (χ0n) is 8.08. The lowest BCUT2D eigenvalue weighted by Crippen LogP contribution is -1.96. The minimum absolute atomic E-state index is 0.218. The zero-order chi connectivity index (χ0) is 9.84. The van der Waals surface area contributed by atoms with Crippen molar-refractivity contribution in [3.63, 3.8) is 0 Å². The Kier molecular flexibility index (Phi) is 3.18. The van der Waals surface area contributed by atoms with Crippen LogP contribution in [0.1, 0.15) is 24.8 Å². The molecule has 1 aromatic rings. The summed E-state index contributed by atoms with van der Waals surface area (Å²) in [6.07, 6.45) is 0.959. The molecule has 0 fully saturated rings. The normalized spacial score (nSPS) is 12.5. The summed E-state index contributed by atoms with van der Waals surface area (Å²) in [5.74, 6) is 1.15. The van der Waals surface area contributed by atoms with Crippen molar-refractivity contribution >= 4 is 0 Å². The van der Waals surface area contributed by atoms with Crippen LogP contribution < -0.4 is 4.74 Å². The standard InChI is InChI=1S/C11H15O2/c1-4-8(2)10-6-5-9(12)7-11(10)13-3/h5-8,12H,2,4H2,1,3H3. The first-order valence-corrected chi connectivity index (χ1v) is 4.39. The van der Waals surface area contributed by atoms with Gasteiger partial charge in [-0.3, -0.25) is 0 Å². The minimum Gasteiger partial charge on any atom is -0.508 e. The number of benzene rings is 1. The maximum atomic E-state index is 9.22. The van der Waals surface area contributed by atoms with Gasteiger partial charge in [-0.15, -0.1) is 0 Å². The number of hydrogen-bond donors (Lipinski definition) is 1. The molecule has 0 spiro atoms. The lowest BCUT2D eigenvalue weighted by Gasteiger charge is -2.13. The second-order valence-corrected chi connectivity index (χ2v) is 3.03. The molecule has 1 unspecified atom stereocenters. The molecule has 0 heterocycles. The quantitative estimate of drug-likeness (QED) is 0.773. The van der Waals surface area contributed by atoms with Gasteiger partial charge >= 0.3 is 0 Å². The predicted molar refractivity (Wildman–Crippen MR) is 53.0 cm³/mol. The molecule has 0 bridgehead atoms. The molecule has 0 aliphatic carbocycles. The van der Waals surface area contributed by atoms with E-state index in [1.165, 1.54) is 0 Å². The number of aromatic hydroxyl groups is 1. The Hall–Kier alpha value is -1.18. The Morgan fingerprint density at radius 2 is 2.23 bits per heavy atom. The molecular formula is C11H15O2. The smallest absolute Gasteiger partial charge is 0.126 e. The van der Waals surface area contributed by atoms with Crippen LogP contribution in [0, 0.1) is 6.92 Å². The third-order valence-corrected chi connectivity index (χ3v) is 2.15. The fraction of sp³-hybridized carbons (Fsp3) is 0.364. The van der Waals surface area contributed by atoms with Crippen LogP contribution in [0.3, 0.4) is 0 Å². The highest BCUT2D eigenvalue weighted by atomic mass is 16.5. The van der Waals surface area contributed by atoms with E-state index in [9.17, 15) is 5.11 Å². The maximum Gasteiger partial charge on any atom is 0.126 e. The van der Waals surface area contributed by atoms with Crippen LogP contribution in [0.25, 0.3) is 0 Å². The van der Waals surface area contributed by atoms with E-state index in [1.54, 1.807) is 19.2 Å². The summed E-state index contributed by atoms with van der Waals surface area (Å²) < 4.78 is 5.15. The molecule has 1 radical (unpaired) electrons. The maximum absolute atomic E-state index is 9.22. The number of hydrogen-bond acceptors (Lipinski definition) is 2. The third kappa shape index (κ3) is 2.14. The monoisotopic (exact) mass is 179 g/mol. The van der Waals surface area contributed by atoms with Gasteiger partial charge in [0.25, 0.3) is 0 Å². The highest BCUT2D eigenvalue weighted by Crippen LogP contribution is 2.31. The van der Waals surface area contributed by atoms with Gasteiger partial charge < -0.3 is 9.84 Å². The average molecular weight is 179 g/mol. The molecule has 1 N–H and O–H groups in total. The molecule has 1 rings (SSSR count). The van der Waals surface area contributed by atoms with Crippen molar-refractivity contribution in [1.29, 1.82) is 0 Å². The lowest BCUT2D eigenvalue weighted by molar-refractivity contribution is 0.400. The van der Waals surface area contributed by atoms with Gasteiger partial charge in [0.05, 0.1) is 7.11 Å². The molecule has 0 saturated heterocycles. The van der Waals surface area contributed by atoms with Crippen LogP contribution in [-0.4, -0.2) is 12.2 Å². The van der Waals surface area contributed by atoms with E-state index in [0.29, 0.717) is 5.75 Å². The highest BCUT2D eigenvalue weighted by Gasteiger charge is 2.09. The molecule has 2 nitrogen and oxygen atoms in total. The summed E-state index contributed by atoms with van der Waals surface area (Å²) in [7, 11) is 1.60. The number of rotatable bonds is 3. The van der Waals surface area contributed by atoms with E-state index in [1.807, 2.05) is 6.07 Å². The molecule has 1 atom stereocenters. The summed E-state index contributed by atoms with van der Waals surface area (Å²) in [6, 6.07) is 5.13. The van der Waals surface area contributed by atoms with Gasteiger partial charge in [-0.1, -0.05) is 13.0 Å². The van der Waals surface area contributed by atoms with Gasteiger partial charge in [-0.25, -0.2) is 0 Å². The van der Waals surface area contributed by atoms with Gasteiger partial charge in [0.2, 0.25) is 0 Å².